The highest BCUT2D eigenvalue weighted by Gasteiger charge is 2.38. The van der Waals surface area contributed by atoms with Crippen LogP contribution in [0.1, 0.15) is 23.3 Å². The number of alkyl halides is 3. The van der Waals surface area contributed by atoms with Crippen LogP contribution < -0.4 is 5.32 Å². The van der Waals surface area contributed by atoms with Crippen LogP contribution in [0.2, 0.25) is 0 Å². The largest absolute Gasteiger partial charge is 0.490 e. The molecule has 0 spiro atoms. The topological polar surface area (TPSA) is 82.8 Å². The number of aliphatic carboxylic acids is 1. The average Bonchev–Trinajstić information content (AvgIpc) is 3.19. The number of hydrogen-bond donors (Lipinski definition) is 2. The van der Waals surface area contributed by atoms with E-state index in [9.17, 15) is 26.7 Å². The van der Waals surface area contributed by atoms with Crippen LogP contribution in [0.5, 0.6) is 0 Å². The molecule has 0 radical (unpaired) electrons. The molecule has 0 unspecified atom stereocenters. The van der Waals surface area contributed by atoms with Crippen molar-refractivity contribution in [1.29, 1.82) is 0 Å². The minimum Gasteiger partial charge on any atom is -0.475 e. The minimum absolute atomic E-state index is 0.162. The number of rotatable bonds is 4. The van der Waals surface area contributed by atoms with E-state index in [2.05, 4.69) is 23.3 Å². The summed E-state index contributed by atoms with van der Waals surface area (Å²) in [7, 11) is 2.10. The van der Waals surface area contributed by atoms with Crippen molar-refractivity contribution in [2.45, 2.75) is 25.6 Å². The predicted octanol–water partition coefficient (Wildman–Crippen LogP) is 5.89. The Kier molecular flexibility index (Phi) is 8.82. The number of amides is 1. The number of carboxylic acids is 1. The maximum absolute atomic E-state index is 13.9. The molecule has 37 heavy (non-hydrogen) atoms. The Bertz CT molecular complexity index is 1300. The van der Waals surface area contributed by atoms with Crippen molar-refractivity contribution in [3.8, 4) is 11.3 Å². The van der Waals surface area contributed by atoms with Crippen molar-refractivity contribution in [2.24, 2.45) is 0 Å². The second kappa shape index (κ2) is 11.8. The number of hydrogen-bond acceptors (Lipinski definition) is 4. The maximum Gasteiger partial charge on any atom is 0.490 e. The monoisotopic (exact) mass is 522 g/mol. The minimum atomic E-state index is -5.08. The smallest absolute Gasteiger partial charge is 0.475 e. The van der Waals surface area contributed by atoms with Crippen molar-refractivity contribution < 1.29 is 41.1 Å². The molecule has 0 fully saturated rings. The highest BCUT2D eigenvalue weighted by molar-refractivity contribution is 6.01. The Labute approximate surface area is 209 Å². The second-order valence-electron chi connectivity index (χ2n) is 8.28. The third kappa shape index (κ3) is 8.01. The lowest BCUT2D eigenvalue weighted by Crippen LogP contribution is -2.21. The van der Waals surface area contributed by atoms with E-state index in [-0.39, 0.29) is 17.2 Å². The van der Waals surface area contributed by atoms with E-state index in [0.717, 1.165) is 37.7 Å². The molecule has 196 valence electrons. The Morgan fingerprint density at radius 2 is 1.78 bits per heavy atom. The molecule has 1 aromatic heterocycles. The first-order valence-corrected chi connectivity index (χ1v) is 11.1. The highest BCUT2D eigenvalue weighted by atomic mass is 19.4. The van der Waals surface area contributed by atoms with Crippen molar-refractivity contribution in [2.75, 3.05) is 18.9 Å². The van der Waals surface area contributed by atoms with E-state index in [1.165, 1.54) is 35.4 Å². The molecule has 0 saturated heterocycles. The Hall–Kier alpha value is -3.99. The number of carbonyl (C=O) groups is 2. The van der Waals surface area contributed by atoms with Gasteiger partial charge in [0.2, 0.25) is 5.91 Å². The SMILES string of the molecule is CN1CCCc2ccc(NC(=O)C=Cc3ccc(-c4ccc(F)cc4F)o3)cc2C1.O=C(O)C(F)(F)F. The number of furan rings is 1. The summed E-state index contributed by atoms with van der Waals surface area (Å²) in [6.07, 6.45) is -0.0346. The van der Waals surface area contributed by atoms with Gasteiger partial charge in [-0.1, -0.05) is 6.07 Å². The van der Waals surface area contributed by atoms with Crippen LogP contribution in [0.3, 0.4) is 0 Å². The van der Waals surface area contributed by atoms with E-state index in [0.29, 0.717) is 5.76 Å². The van der Waals surface area contributed by atoms with Gasteiger partial charge in [0.15, 0.2) is 0 Å². The molecule has 6 nitrogen and oxygen atoms in total. The number of carboxylic acid groups (broad SMARTS) is 1. The molecule has 0 bridgehead atoms. The zero-order valence-electron chi connectivity index (χ0n) is 19.6. The molecule has 0 saturated carbocycles. The zero-order valence-corrected chi connectivity index (χ0v) is 19.6. The summed E-state index contributed by atoms with van der Waals surface area (Å²) < 4.78 is 64.2. The third-order valence-corrected chi connectivity index (χ3v) is 5.36. The predicted molar refractivity (Wildman–Crippen MR) is 127 cm³/mol. The van der Waals surface area contributed by atoms with Crippen LogP contribution in [-0.2, 0) is 22.6 Å². The molecule has 1 aliphatic rings. The standard InChI is InChI=1S/C24H22F2N2O2.C2HF3O2/c1-28-12-2-3-16-4-6-19(13-17(16)15-28)27-24(29)11-8-20-7-10-23(30-20)21-9-5-18(25)14-22(21)26;3-2(4,5)1(6)7/h4-11,13-14H,2-3,12,15H2,1H3,(H,27,29);(H,6,7). The normalized spacial score (nSPS) is 13.9. The van der Waals surface area contributed by atoms with E-state index in [1.807, 2.05) is 12.1 Å². The summed E-state index contributed by atoms with van der Waals surface area (Å²) in [4.78, 5) is 23.5. The quantitative estimate of drug-likeness (QED) is 0.330. The van der Waals surface area contributed by atoms with Crippen molar-refractivity contribution in [3.63, 3.8) is 0 Å². The molecule has 2 N–H and O–H groups in total. The van der Waals surface area contributed by atoms with Gasteiger partial charge < -0.3 is 19.7 Å². The molecule has 1 aliphatic heterocycles. The summed E-state index contributed by atoms with van der Waals surface area (Å²) in [5.74, 6) is -3.74. The number of fused-ring (bicyclic) bond motifs is 1. The lowest BCUT2D eigenvalue weighted by molar-refractivity contribution is -0.192. The van der Waals surface area contributed by atoms with E-state index in [4.69, 9.17) is 14.3 Å². The van der Waals surface area contributed by atoms with Gasteiger partial charge in [-0.25, -0.2) is 13.6 Å². The number of nitrogens with zero attached hydrogens (tertiary/aromatic N) is 1. The van der Waals surface area contributed by atoms with Crippen molar-refractivity contribution >= 4 is 23.6 Å². The number of carbonyl (C=O) groups excluding carboxylic acids is 1. The molecule has 0 atom stereocenters. The van der Waals surface area contributed by atoms with Crippen molar-refractivity contribution in [1.82, 2.24) is 4.90 Å². The van der Waals surface area contributed by atoms with Gasteiger partial charge in [-0.15, -0.1) is 0 Å². The summed E-state index contributed by atoms with van der Waals surface area (Å²) in [5.41, 5.74) is 3.46. The van der Waals surface area contributed by atoms with Gasteiger partial charge in [-0.05, 0) is 80.0 Å². The average molecular weight is 522 g/mol. The van der Waals surface area contributed by atoms with Crippen LogP contribution in [0.25, 0.3) is 17.4 Å². The Morgan fingerprint density at radius 1 is 1.05 bits per heavy atom. The van der Waals surface area contributed by atoms with Crippen LogP contribution in [-0.4, -0.2) is 41.7 Å². The summed E-state index contributed by atoms with van der Waals surface area (Å²) in [6, 6.07) is 12.5. The fraction of sp³-hybridized carbons (Fsp3) is 0.231. The van der Waals surface area contributed by atoms with Gasteiger partial charge in [0.05, 0.1) is 5.56 Å². The van der Waals surface area contributed by atoms with Crippen molar-refractivity contribution in [3.05, 3.63) is 83.1 Å². The Balaban J connectivity index is 0.000000479. The van der Waals surface area contributed by atoms with Gasteiger partial charge in [0.25, 0.3) is 0 Å². The summed E-state index contributed by atoms with van der Waals surface area (Å²) >= 11 is 0. The van der Waals surface area contributed by atoms with E-state index in [1.54, 1.807) is 12.1 Å². The molecule has 3 aromatic rings. The van der Waals surface area contributed by atoms with Gasteiger partial charge in [-0.2, -0.15) is 13.2 Å². The maximum atomic E-state index is 13.9. The molecular weight excluding hydrogens is 499 g/mol. The zero-order chi connectivity index (χ0) is 27.2. The van der Waals surface area contributed by atoms with Gasteiger partial charge in [0.1, 0.15) is 23.2 Å². The van der Waals surface area contributed by atoms with Gasteiger partial charge in [-0.3, -0.25) is 4.79 Å². The van der Waals surface area contributed by atoms with Crippen LogP contribution >= 0.6 is 0 Å². The molecule has 4 rings (SSSR count). The lowest BCUT2D eigenvalue weighted by atomic mass is 10.0. The summed E-state index contributed by atoms with van der Waals surface area (Å²) in [6.45, 7) is 1.93. The first kappa shape index (κ1) is 27.6. The van der Waals surface area contributed by atoms with E-state index >= 15 is 0 Å². The number of anilines is 1. The second-order valence-corrected chi connectivity index (χ2v) is 8.28. The van der Waals surface area contributed by atoms with Gasteiger partial charge in [0, 0.05) is 24.4 Å². The molecule has 1 amide bonds. The Morgan fingerprint density at radius 3 is 2.46 bits per heavy atom. The fourth-order valence-electron chi connectivity index (χ4n) is 3.62. The number of nitrogens with one attached hydrogen (secondary N) is 1. The number of aryl methyl sites for hydroxylation is 1. The molecule has 0 aliphatic carbocycles. The van der Waals surface area contributed by atoms with E-state index < -0.39 is 23.8 Å². The molecular formula is C26H23F5N2O4. The van der Waals surface area contributed by atoms with Crippen LogP contribution in [0.4, 0.5) is 27.6 Å². The lowest BCUT2D eigenvalue weighted by Gasteiger charge is -2.14. The summed E-state index contributed by atoms with van der Waals surface area (Å²) in [5, 5.41) is 9.99. The van der Waals surface area contributed by atoms with Gasteiger partial charge >= 0.3 is 12.1 Å². The first-order valence-electron chi connectivity index (χ1n) is 11.1. The first-order chi connectivity index (χ1) is 17.4. The third-order valence-electron chi connectivity index (χ3n) is 5.36. The number of benzene rings is 2. The molecule has 2 aromatic carbocycles. The number of halogens is 5. The fourth-order valence-corrected chi connectivity index (χ4v) is 3.62. The van der Waals surface area contributed by atoms with Crippen LogP contribution in [0, 0.1) is 11.6 Å². The van der Waals surface area contributed by atoms with Crippen LogP contribution in [0.15, 0.2) is 59.0 Å². The molecule has 11 heteroatoms. The molecule has 2 heterocycles. The highest BCUT2D eigenvalue weighted by Crippen LogP contribution is 2.26.